The lowest BCUT2D eigenvalue weighted by molar-refractivity contribution is -0.129. The van der Waals surface area contributed by atoms with Crippen LogP contribution in [0.25, 0.3) is 0 Å². The van der Waals surface area contributed by atoms with E-state index < -0.39 is 0 Å². The molecule has 3 atom stereocenters. The number of allylic oxidation sites excluding steroid dienone is 2. The maximum Gasteiger partial charge on any atom is 0.293 e. The summed E-state index contributed by atoms with van der Waals surface area (Å²) in [5.41, 5.74) is 0. The van der Waals surface area contributed by atoms with Gasteiger partial charge in [-0.15, -0.1) is 0 Å². The standard InChI is InChI=1S/C10H14O2/c11-7-12-4-3-10-6-8-1-2-9(10)5-8/h1-2,7-10H,3-6H2. The quantitative estimate of drug-likeness (QED) is 0.361. The number of carbonyl (C=O) groups is 1. The van der Waals surface area contributed by atoms with E-state index in [4.69, 9.17) is 4.74 Å². The van der Waals surface area contributed by atoms with Crippen LogP contribution in [0.1, 0.15) is 19.3 Å². The second-order valence-corrected chi connectivity index (χ2v) is 3.80. The molecule has 3 unspecified atom stereocenters. The lowest BCUT2D eigenvalue weighted by atomic mass is 9.91. The normalized spacial score (nSPS) is 37.2. The molecule has 2 nitrogen and oxygen atoms in total. The SMILES string of the molecule is O=COCCC1CC2C=CC1C2. The van der Waals surface area contributed by atoms with Crippen LogP contribution >= 0.6 is 0 Å². The fourth-order valence-electron chi connectivity index (χ4n) is 2.49. The maximum atomic E-state index is 9.90. The molecule has 2 aliphatic rings. The lowest BCUT2D eigenvalue weighted by Crippen LogP contribution is -2.09. The van der Waals surface area contributed by atoms with Crippen LogP contribution in [0.2, 0.25) is 0 Å². The van der Waals surface area contributed by atoms with Gasteiger partial charge in [-0.3, -0.25) is 4.79 Å². The number of fused-ring (bicyclic) bond motifs is 2. The molecule has 0 amide bonds. The van der Waals surface area contributed by atoms with Gasteiger partial charge in [-0.2, -0.15) is 0 Å². The Hall–Kier alpha value is -0.790. The first-order valence-corrected chi connectivity index (χ1v) is 4.63. The maximum absolute atomic E-state index is 9.90. The molecule has 0 radical (unpaired) electrons. The Balaban J connectivity index is 1.76. The monoisotopic (exact) mass is 166 g/mol. The largest absolute Gasteiger partial charge is 0.468 e. The number of carbonyl (C=O) groups excluding carboxylic acids is 1. The smallest absolute Gasteiger partial charge is 0.293 e. The Labute approximate surface area is 72.6 Å². The Morgan fingerprint density at radius 3 is 2.92 bits per heavy atom. The highest BCUT2D eigenvalue weighted by atomic mass is 16.5. The minimum atomic E-state index is 0.545. The highest BCUT2D eigenvalue weighted by Gasteiger charge is 2.34. The predicted molar refractivity (Wildman–Crippen MR) is 45.5 cm³/mol. The van der Waals surface area contributed by atoms with Crippen LogP contribution in [-0.2, 0) is 9.53 Å². The summed E-state index contributed by atoms with van der Waals surface area (Å²) >= 11 is 0. The second-order valence-electron chi connectivity index (χ2n) is 3.80. The second kappa shape index (κ2) is 3.30. The molecule has 1 saturated carbocycles. The van der Waals surface area contributed by atoms with Crippen molar-refractivity contribution < 1.29 is 9.53 Å². The Bertz CT molecular complexity index is 198. The van der Waals surface area contributed by atoms with Crippen molar-refractivity contribution in [3.05, 3.63) is 12.2 Å². The molecule has 12 heavy (non-hydrogen) atoms. The zero-order valence-electron chi connectivity index (χ0n) is 7.11. The fourth-order valence-corrected chi connectivity index (χ4v) is 2.49. The molecule has 0 heterocycles. The van der Waals surface area contributed by atoms with Crippen molar-refractivity contribution in [1.82, 2.24) is 0 Å². The summed E-state index contributed by atoms with van der Waals surface area (Å²) < 4.78 is 4.70. The molecule has 0 spiro atoms. The van der Waals surface area contributed by atoms with Gasteiger partial charge in [0.2, 0.25) is 0 Å². The van der Waals surface area contributed by atoms with Gasteiger partial charge in [0.25, 0.3) is 6.47 Å². The van der Waals surface area contributed by atoms with Gasteiger partial charge in [-0.25, -0.2) is 0 Å². The van der Waals surface area contributed by atoms with E-state index in [0.29, 0.717) is 13.1 Å². The summed E-state index contributed by atoms with van der Waals surface area (Å²) in [7, 11) is 0. The van der Waals surface area contributed by atoms with E-state index in [2.05, 4.69) is 12.2 Å². The van der Waals surface area contributed by atoms with Gasteiger partial charge in [0, 0.05) is 0 Å². The Morgan fingerprint density at radius 1 is 1.42 bits per heavy atom. The minimum absolute atomic E-state index is 0.545. The number of hydrogen-bond donors (Lipinski definition) is 0. The predicted octanol–water partition coefficient (Wildman–Crippen LogP) is 1.76. The van der Waals surface area contributed by atoms with E-state index in [9.17, 15) is 4.79 Å². The molecular weight excluding hydrogens is 152 g/mol. The molecule has 0 aromatic rings. The fraction of sp³-hybridized carbons (Fsp3) is 0.700. The molecule has 0 aromatic heterocycles. The van der Waals surface area contributed by atoms with Crippen molar-refractivity contribution in [2.75, 3.05) is 6.61 Å². The van der Waals surface area contributed by atoms with E-state index in [1.807, 2.05) is 0 Å². The molecule has 2 rings (SSSR count). The third-order valence-corrected chi connectivity index (χ3v) is 3.09. The molecular formula is C10H14O2. The molecule has 0 N–H and O–H groups in total. The third-order valence-electron chi connectivity index (χ3n) is 3.09. The topological polar surface area (TPSA) is 26.3 Å². The van der Waals surface area contributed by atoms with Gasteiger partial charge < -0.3 is 4.74 Å². The molecule has 0 aromatic carbocycles. The summed E-state index contributed by atoms with van der Waals surface area (Å²) in [5, 5.41) is 0. The van der Waals surface area contributed by atoms with Crippen LogP contribution in [0.4, 0.5) is 0 Å². The van der Waals surface area contributed by atoms with Gasteiger partial charge in [0.1, 0.15) is 0 Å². The van der Waals surface area contributed by atoms with Gasteiger partial charge in [-0.1, -0.05) is 12.2 Å². The molecule has 0 aliphatic heterocycles. The molecule has 2 bridgehead atoms. The third kappa shape index (κ3) is 1.38. The highest BCUT2D eigenvalue weighted by molar-refractivity contribution is 5.36. The molecule has 2 aliphatic carbocycles. The molecule has 0 saturated heterocycles. The molecule has 66 valence electrons. The van der Waals surface area contributed by atoms with Crippen LogP contribution < -0.4 is 0 Å². The summed E-state index contributed by atoms with van der Waals surface area (Å²) in [4.78, 5) is 9.90. The highest BCUT2D eigenvalue weighted by Crippen LogP contribution is 2.44. The van der Waals surface area contributed by atoms with Crippen molar-refractivity contribution in [2.24, 2.45) is 17.8 Å². The average Bonchev–Trinajstić information content (AvgIpc) is 2.65. The zero-order chi connectivity index (χ0) is 8.39. The zero-order valence-corrected chi connectivity index (χ0v) is 7.11. The first kappa shape index (κ1) is 7.84. The summed E-state index contributed by atoms with van der Waals surface area (Å²) in [5.74, 6) is 2.39. The molecule has 2 heteroatoms. The van der Waals surface area contributed by atoms with Crippen molar-refractivity contribution in [2.45, 2.75) is 19.3 Å². The lowest BCUT2D eigenvalue weighted by Gasteiger charge is -2.16. The van der Waals surface area contributed by atoms with E-state index in [1.54, 1.807) is 0 Å². The van der Waals surface area contributed by atoms with Crippen LogP contribution in [-0.4, -0.2) is 13.1 Å². The van der Waals surface area contributed by atoms with Crippen molar-refractivity contribution >= 4 is 6.47 Å². The Morgan fingerprint density at radius 2 is 2.33 bits per heavy atom. The van der Waals surface area contributed by atoms with Gasteiger partial charge in [-0.05, 0) is 37.0 Å². The van der Waals surface area contributed by atoms with E-state index in [1.165, 1.54) is 12.8 Å². The number of hydrogen-bond acceptors (Lipinski definition) is 2. The van der Waals surface area contributed by atoms with Gasteiger partial charge in [0.15, 0.2) is 0 Å². The van der Waals surface area contributed by atoms with E-state index in [-0.39, 0.29) is 0 Å². The minimum Gasteiger partial charge on any atom is -0.468 e. The van der Waals surface area contributed by atoms with Crippen LogP contribution in [0.5, 0.6) is 0 Å². The number of ether oxygens (including phenoxy) is 1. The Kier molecular flexibility index (Phi) is 2.15. The summed E-state index contributed by atoms with van der Waals surface area (Å²) in [6.07, 6.45) is 8.36. The summed E-state index contributed by atoms with van der Waals surface area (Å²) in [6, 6.07) is 0. The number of rotatable bonds is 4. The first-order chi connectivity index (χ1) is 5.90. The van der Waals surface area contributed by atoms with Crippen LogP contribution in [0, 0.1) is 17.8 Å². The van der Waals surface area contributed by atoms with Crippen LogP contribution in [0.15, 0.2) is 12.2 Å². The average molecular weight is 166 g/mol. The van der Waals surface area contributed by atoms with E-state index in [0.717, 1.165) is 24.2 Å². The van der Waals surface area contributed by atoms with Gasteiger partial charge >= 0.3 is 0 Å². The first-order valence-electron chi connectivity index (χ1n) is 4.63. The molecule has 1 fully saturated rings. The van der Waals surface area contributed by atoms with E-state index >= 15 is 0 Å². The van der Waals surface area contributed by atoms with Crippen molar-refractivity contribution in [3.63, 3.8) is 0 Å². The van der Waals surface area contributed by atoms with Gasteiger partial charge in [0.05, 0.1) is 6.61 Å². The van der Waals surface area contributed by atoms with Crippen LogP contribution in [0.3, 0.4) is 0 Å². The van der Waals surface area contributed by atoms with Crippen molar-refractivity contribution in [3.8, 4) is 0 Å². The summed E-state index contributed by atoms with van der Waals surface area (Å²) in [6.45, 7) is 1.15. The van der Waals surface area contributed by atoms with Crippen molar-refractivity contribution in [1.29, 1.82) is 0 Å².